The number of likely N-dealkylation sites (tertiary alicyclic amines) is 1. The smallest absolute Gasteiger partial charge is 0.326 e. The van der Waals surface area contributed by atoms with Gasteiger partial charge in [0.25, 0.3) is 0 Å². The van der Waals surface area contributed by atoms with Crippen molar-refractivity contribution in [3.63, 3.8) is 0 Å². The summed E-state index contributed by atoms with van der Waals surface area (Å²) in [5.74, 6) is -1.07. The summed E-state index contributed by atoms with van der Waals surface area (Å²) in [6.45, 7) is 0.667. The molecule has 1 fully saturated rings. The molecule has 0 aromatic heterocycles. The molecule has 102 valence electrons. The van der Waals surface area contributed by atoms with E-state index in [0.29, 0.717) is 13.0 Å². The van der Waals surface area contributed by atoms with E-state index in [4.69, 9.17) is 5.11 Å². The Kier molecular flexibility index (Phi) is 4.39. The molecule has 1 atom stereocenters. The maximum Gasteiger partial charge on any atom is 0.326 e. The van der Waals surface area contributed by atoms with E-state index >= 15 is 0 Å². The number of para-hydroxylation sites is 1. The fourth-order valence-corrected chi connectivity index (χ4v) is 2.32. The van der Waals surface area contributed by atoms with E-state index in [1.54, 1.807) is 0 Å². The van der Waals surface area contributed by atoms with Gasteiger partial charge in [0.05, 0.1) is 6.54 Å². The first-order valence-corrected chi connectivity index (χ1v) is 6.49. The number of amides is 1. The number of aliphatic carboxylic acids is 1. The number of nitrogens with one attached hydrogen (secondary N) is 1. The summed E-state index contributed by atoms with van der Waals surface area (Å²) in [6.07, 6.45) is 2.29. The van der Waals surface area contributed by atoms with Crippen molar-refractivity contribution in [1.29, 1.82) is 0 Å². The van der Waals surface area contributed by atoms with Crippen molar-refractivity contribution in [3.8, 4) is 0 Å². The number of carbonyl (C=O) groups is 2. The lowest BCUT2D eigenvalue weighted by atomic mass is 10.0. The van der Waals surface area contributed by atoms with E-state index in [1.807, 2.05) is 30.3 Å². The number of hydrogen-bond acceptors (Lipinski definition) is 3. The number of benzene rings is 1. The third kappa shape index (κ3) is 3.47. The van der Waals surface area contributed by atoms with Gasteiger partial charge in [-0.2, -0.15) is 0 Å². The number of piperidine rings is 1. The lowest BCUT2D eigenvalue weighted by molar-refractivity contribution is -0.151. The lowest BCUT2D eigenvalue weighted by Gasteiger charge is -2.33. The van der Waals surface area contributed by atoms with Crippen molar-refractivity contribution in [2.75, 3.05) is 18.4 Å². The predicted molar refractivity (Wildman–Crippen MR) is 71.9 cm³/mol. The molecule has 1 heterocycles. The highest BCUT2D eigenvalue weighted by Gasteiger charge is 2.31. The first-order chi connectivity index (χ1) is 9.18. The Labute approximate surface area is 112 Å². The van der Waals surface area contributed by atoms with Crippen LogP contribution in [-0.2, 0) is 9.59 Å². The van der Waals surface area contributed by atoms with Crippen LogP contribution in [0.2, 0.25) is 0 Å². The van der Waals surface area contributed by atoms with Crippen LogP contribution in [0.3, 0.4) is 0 Å². The third-order valence-corrected chi connectivity index (χ3v) is 3.33. The van der Waals surface area contributed by atoms with E-state index < -0.39 is 12.0 Å². The Morgan fingerprint density at radius 2 is 2.00 bits per heavy atom. The summed E-state index contributed by atoms with van der Waals surface area (Å²) in [6, 6.07) is 8.74. The average molecular weight is 262 g/mol. The Bertz CT molecular complexity index is 447. The number of rotatable bonds is 4. The number of carboxylic acids is 1. The normalized spacial score (nSPS) is 18.9. The Hall–Kier alpha value is -2.04. The summed E-state index contributed by atoms with van der Waals surface area (Å²) >= 11 is 0. The largest absolute Gasteiger partial charge is 0.480 e. The van der Waals surface area contributed by atoms with Crippen LogP contribution in [0.5, 0.6) is 0 Å². The molecule has 5 nitrogen and oxygen atoms in total. The minimum absolute atomic E-state index is 0.133. The summed E-state index contributed by atoms with van der Waals surface area (Å²) < 4.78 is 0. The highest BCUT2D eigenvalue weighted by atomic mass is 16.4. The molecule has 19 heavy (non-hydrogen) atoms. The highest BCUT2D eigenvalue weighted by Crippen LogP contribution is 2.17. The molecule has 1 aliphatic heterocycles. The highest BCUT2D eigenvalue weighted by molar-refractivity contribution is 5.86. The molecule has 0 saturated carbocycles. The molecule has 0 radical (unpaired) electrons. The number of carbonyl (C=O) groups excluding carboxylic acids is 1. The van der Waals surface area contributed by atoms with Crippen molar-refractivity contribution >= 4 is 17.6 Å². The maximum absolute atomic E-state index is 12.1. The van der Waals surface area contributed by atoms with Crippen molar-refractivity contribution in [2.45, 2.75) is 25.3 Å². The molecule has 1 aromatic carbocycles. The second kappa shape index (κ2) is 6.22. The van der Waals surface area contributed by atoms with Gasteiger partial charge in [-0.1, -0.05) is 18.2 Å². The molecule has 1 saturated heterocycles. The Morgan fingerprint density at radius 3 is 2.68 bits per heavy atom. The summed E-state index contributed by atoms with van der Waals surface area (Å²) in [7, 11) is 0. The quantitative estimate of drug-likeness (QED) is 0.864. The molecule has 0 spiro atoms. The van der Waals surface area contributed by atoms with Crippen LogP contribution < -0.4 is 5.32 Å². The molecule has 0 bridgehead atoms. The number of nitrogens with zero attached hydrogens (tertiary/aromatic N) is 1. The van der Waals surface area contributed by atoms with Crippen LogP contribution >= 0.6 is 0 Å². The van der Waals surface area contributed by atoms with Gasteiger partial charge in [-0.05, 0) is 31.4 Å². The van der Waals surface area contributed by atoms with Gasteiger partial charge in [0.2, 0.25) is 5.91 Å². The molecule has 1 amide bonds. The van der Waals surface area contributed by atoms with Crippen LogP contribution in [-0.4, -0.2) is 41.0 Å². The predicted octanol–water partition coefficient (Wildman–Crippen LogP) is 1.56. The summed E-state index contributed by atoms with van der Waals surface area (Å²) in [5, 5.41) is 12.1. The zero-order chi connectivity index (χ0) is 13.7. The first kappa shape index (κ1) is 13.4. The molecule has 0 aliphatic carbocycles. The van der Waals surface area contributed by atoms with E-state index in [9.17, 15) is 9.59 Å². The van der Waals surface area contributed by atoms with Crippen molar-refractivity contribution < 1.29 is 14.7 Å². The minimum atomic E-state index is -0.909. The van der Waals surface area contributed by atoms with Gasteiger partial charge in [-0.15, -0.1) is 0 Å². The van der Waals surface area contributed by atoms with Gasteiger partial charge >= 0.3 is 5.97 Å². The van der Waals surface area contributed by atoms with Crippen LogP contribution in [0.4, 0.5) is 5.69 Å². The Morgan fingerprint density at radius 1 is 1.26 bits per heavy atom. The van der Waals surface area contributed by atoms with Gasteiger partial charge in [0.1, 0.15) is 6.04 Å². The third-order valence-electron chi connectivity index (χ3n) is 3.33. The van der Waals surface area contributed by atoms with Gasteiger partial charge < -0.3 is 15.3 Å². The van der Waals surface area contributed by atoms with E-state index in [2.05, 4.69) is 5.32 Å². The molecular weight excluding hydrogens is 244 g/mol. The first-order valence-electron chi connectivity index (χ1n) is 6.49. The van der Waals surface area contributed by atoms with Crippen LogP contribution in [0.15, 0.2) is 30.3 Å². The molecular formula is C14H18N2O3. The van der Waals surface area contributed by atoms with Crippen molar-refractivity contribution in [3.05, 3.63) is 30.3 Å². The zero-order valence-electron chi connectivity index (χ0n) is 10.7. The standard InChI is InChI=1S/C14H18N2O3/c17-13(10-15-11-6-2-1-3-7-11)16-9-5-4-8-12(16)14(18)19/h1-3,6-7,12,15H,4-5,8-10H2,(H,18,19). The molecule has 1 aromatic rings. The zero-order valence-corrected chi connectivity index (χ0v) is 10.7. The number of hydrogen-bond donors (Lipinski definition) is 2. The fourth-order valence-electron chi connectivity index (χ4n) is 2.32. The van der Waals surface area contributed by atoms with Crippen LogP contribution in [0.1, 0.15) is 19.3 Å². The molecule has 2 N–H and O–H groups in total. The number of carboxylic acid groups (broad SMARTS) is 1. The SMILES string of the molecule is O=C(O)C1CCCCN1C(=O)CNc1ccccc1. The number of anilines is 1. The summed E-state index contributed by atoms with van der Waals surface area (Å²) in [5.41, 5.74) is 0.861. The molecule has 1 unspecified atom stereocenters. The minimum Gasteiger partial charge on any atom is -0.480 e. The second-order valence-corrected chi connectivity index (χ2v) is 4.66. The lowest BCUT2D eigenvalue weighted by Crippen LogP contribution is -2.49. The van der Waals surface area contributed by atoms with Gasteiger partial charge in [0.15, 0.2) is 0 Å². The molecule has 2 rings (SSSR count). The van der Waals surface area contributed by atoms with Gasteiger partial charge in [-0.3, -0.25) is 4.79 Å². The fraction of sp³-hybridized carbons (Fsp3) is 0.429. The van der Waals surface area contributed by atoms with E-state index in [1.165, 1.54) is 4.90 Å². The van der Waals surface area contributed by atoms with Crippen molar-refractivity contribution in [1.82, 2.24) is 4.90 Å². The summed E-state index contributed by atoms with van der Waals surface area (Å²) in [4.78, 5) is 24.7. The van der Waals surface area contributed by atoms with Crippen LogP contribution in [0, 0.1) is 0 Å². The van der Waals surface area contributed by atoms with Crippen molar-refractivity contribution in [2.24, 2.45) is 0 Å². The maximum atomic E-state index is 12.1. The molecule has 1 aliphatic rings. The second-order valence-electron chi connectivity index (χ2n) is 4.66. The average Bonchev–Trinajstić information content (AvgIpc) is 2.46. The van der Waals surface area contributed by atoms with E-state index in [0.717, 1.165) is 18.5 Å². The molecule has 5 heteroatoms. The van der Waals surface area contributed by atoms with Gasteiger partial charge in [0, 0.05) is 12.2 Å². The van der Waals surface area contributed by atoms with Gasteiger partial charge in [-0.25, -0.2) is 4.79 Å². The monoisotopic (exact) mass is 262 g/mol. The van der Waals surface area contributed by atoms with E-state index in [-0.39, 0.29) is 12.5 Å². The Balaban J connectivity index is 1.93. The topological polar surface area (TPSA) is 69.6 Å². The van der Waals surface area contributed by atoms with Crippen LogP contribution in [0.25, 0.3) is 0 Å².